The Balaban J connectivity index is 1.49. The minimum Gasteiger partial charge on any atom is -0.497 e. The lowest BCUT2D eigenvalue weighted by Gasteiger charge is -2.16. The molecule has 0 spiro atoms. The number of carbonyl (C=O) groups excluding carboxylic acids is 2. The number of fused-ring (bicyclic) bond motifs is 2. The Labute approximate surface area is 169 Å². The molecule has 0 bridgehead atoms. The van der Waals surface area contributed by atoms with E-state index in [1.165, 1.54) is 0 Å². The van der Waals surface area contributed by atoms with E-state index in [0.717, 1.165) is 48.1 Å². The SMILES string of the molecule is COc1ccc2c(c1)C(=O)N(c1ccc3c(c1)cc(C(=O)N1CCCC1)n3C)C2. The third-order valence-corrected chi connectivity index (χ3v) is 6.07. The highest BCUT2D eigenvalue weighted by atomic mass is 16.5. The standard InChI is InChI=1S/C23H23N3O3/c1-24-20-8-6-17(11-16(20)12-21(24)23(28)25-9-3-4-10-25)26-14-15-5-7-18(29-2)13-19(15)22(26)27/h5-8,11-13H,3-4,9-10,14H2,1-2H3. The average molecular weight is 389 g/mol. The maximum absolute atomic E-state index is 13.0. The maximum Gasteiger partial charge on any atom is 0.270 e. The number of methoxy groups -OCH3 is 1. The van der Waals surface area contributed by atoms with Crippen LogP contribution in [0.15, 0.2) is 42.5 Å². The van der Waals surface area contributed by atoms with Crippen molar-refractivity contribution in [2.45, 2.75) is 19.4 Å². The first kappa shape index (κ1) is 17.8. The molecule has 5 rings (SSSR count). The summed E-state index contributed by atoms with van der Waals surface area (Å²) in [5, 5.41) is 0.967. The van der Waals surface area contributed by atoms with Crippen LogP contribution in [0.1, 0.15) is 39.3 Å². The van der Waals surface area contributed by atoms with E-state index >= 15 is 0 Å². The third kappa shape index (κ3) is 2.78. The van der Waals surface area contributed by atoms with E-state index in [4.69, 9.17) is 4.74 Å². The van der Waals surface area contributed by atoms with Gasteiger partial charge in [0.1, 0.15) is 11.4 Å². The van der Waals surface area contributed by atoms with Crippen molar-refractivity contribution in [3.63, 3.8) is 0 Å². The molecule has 6 heteroatoms. The zero-order valence-corrected chi connectivity index (χ0v) is 16.6. The normalized spacial score (nSPS) is 16.0. The molecule has 0 atom stereocenters. The van der Waals surface area contributed by atoms with Crippen LogP contribution in [-0.2, 0) is 13.6 Å². The molecular formula is C23H23N3O3. The minimum atomic E-state index is -0.0254. The van der Waals surface area contributed by atoms with Crippen LogP contribution < -0.4 is 9.64 Å². The van der Waals surface area contributed by atoms with Crippen molar-refractivity contribution in [3.05, 3.63) is 59.3 Å². The molecule has 0 radical (unpaired) electrons. The molecule has 1 fully saturated rings. The van der Waals surface area contributed by atoms with Crippen molar-refractivity contribution in [3.8, 4) is 5.75 Å². The van der Waals surface area contributed by atoms with Crippen LogP contribution in [0.2, 0.25) is 0 Å². The van der Waals surface area contributed by atoms with E-state index < -0.39 is 0 Å². The molecule has 1 saturated heterocycles. The van der Waals surface area contributed by atoms with Crippen molar-refractivity contribution >= 4 is 28.4 Å². The zero-order valence-electron chi connectivity index (χ0n) is 16.6. The van der Waals surface area contributed by atoms with E-state index in [9.17, 15) is 9.59 Å². The predicted molar refractivity (Wildman–Crippen MR) is 112 cm³/mol. The summed E-state index contributed by atoms with van der Waals surface area (Å²) in [5.41, 5.74) is 4.20. The molecule has 148 valence electrons. The van der Waals surface area contributed by atoms with E-state index in [1.807, 2.05) is 52.9 Å². The summed E-state index contributed by atoms with van der Waals surface area (Å²) >= 11 is 0. The van der Waals surface area contributed by atoms with Crippen molar-refractivity contribution in [2.75, 3.05) is 25.1 Å². The topological polar surface area (TPSA) is 54.8 Å². The lowest BCUT2D eigenvalue weighted by atomic mass is 10.1. The molecule has 3 aromatic rings. The summed E-state index contributed by atoms with van der Waals surface area (Å²) < 4.78 is 7.21. The van der Waals surface area contributed by atoms with Crippen molar-refractivity contribution < 1.29 is 14.3 Å². The molecule has 0 aliphatic carbocycles. The summed E-state index contributed by atoms with van der Waals surface area (Å²) in [4.78, 5) is 29.5. The molecule has 2 amide bonds. The third-order valence-electron chi connectivity index (χ3n) is 6.07. The number of carbonyl (C=O) groups is 2. The molecule has 0 unspecified atom stereocenters. The van der Waals surface area contributed by atoms with E-state index in [0.29, 0.717) is 23.6 Å². The number of benzene rings is 2. The maximum atomic E-state index is 13.0. The summed E-state index contributed by atoms with van der Waals surface area (Å²) in [7, 11) is 3.53. The zero-order chi connectivity index (χ0) is 20.1. The highest BCUT2D eigenvalue weighted by Gasteiger charge is 2.29. The quantitative estimate of drug-likeness (QED) is 0.688. The van der Waals surface area contributed by atoms with Gasteiger partial charge in [-0.05, 0) is 54.8 Å². The second kappa shape index (κ2) is 6.65. The largest absolute Gasteiger partial charge is 0.497 e. The highest BCUT2D eigenvalue weighted by molar-refractivity contribution is 6.11. The molecule has 2 aliphatic rings. The Morgan fingerprint density at radius 3 is 2.59 bits per heavy atom. The van der Waals surface area contributed by atoms with Crippen LogP contribution in [0.3, 0.4) is 0 Å². The summed E-state index contributed by atoms with van der Waals surface area (Å²) in [6.45, 7) is 2.20. The van der Waals surface area contributed by atoms with Gasteiger partial charge in [0.2, 0.25) is 0 Å². The van der Waals surface area contributed by atoms with Gasteiger partial charge >= 0.3 is 0 Å². The Hall–Kier alpha value is -3.28. The van der Waals surface area contributed by atoms with Gasteiger partial charge in [-0.3, -0.25) is 9.59 Å². The number of ether oxygens (including phenoxy) is 1. The van der Waals surface area contributed by atoms with Crippen molar-refractivity contribution in [1.82, 2.24) is 9.47 Å². The van der Waals surface area contributed by atoms with Gasteiger partial charge in [-0.25, -0.2) is 0 Å². The number of anilines is 1. The van der Waals surface area contributed by atoms with Gasteiger partial charge in [-0.1, -0.05) is 6.07 Å². The summed E-state index contributed by atoms with van der Waals surface area (Å²) in [6, 6.07) is 13.5. The molecule has 0 N–H and O–H groups in total. The van der Waals surface area contributed by atoms with Gasteiger partial charge in [0, 0.05) is 42.3 Å². The van der Waals surface area contributed by atoms with Gasteiger partial charge in [-0.15, -0.1) is 0 Å². The van der Waals surface area contributed by atoms with Gasteiger partial charge in [0.05, 0.1) is 13.7 Å². The van der Waals surface area contributed by atoms with Gasteiger partial charge in [0.25, 0.3) is 11.8 Å². The Bertz CT molecular complexity index is 1140. The molecule has 3 heterocycles. The second-order valence-corrected chi connectivity index (χ2v) is 7.75. The Kier molecular flexibility index (Phi) is 4.08. The smallest absolute Gasteiger partial charge is 0.270 e. The molecule has 2 aromatic carbocycles. The van der Waals surface area contributed by atoms with Crippen LogP contribution >= 0.6 is 0 Å². The van der Waals surface area contributed by atoms with Crippen LogP contribution in [-0.4, -0.2) is 41.5 Å². The van der Waals surface area contributed by atoms with Crippen molar-refractivity contribution in [1.29, 1.82) is 0 Å². The number of aryl methyl sites for hydroxylation is 1. The summed E-state index contributed by atoms with van der Waals surface area (Å²) in [5.74, 6) is 0.740. The Morgan fingerprint density at radius 2 is 1.83 bits per heavy atom. The fourth-order valence-electron chi connectivity index (χ4n) is 4.41. The molecule has 6 nitrogen and oxygen atoms in total. The number of likely N-dealkylation sites (tertiary alicyclic amines) is 1. The molecular weight excluding hydrogens is 366 g/mol. The number of nitrogens with zero attached hydrogens (tertiary/aromatic N) is 3. The first-order valence-electron chi connectivity index (χ1n) is 9.94. The lowest BCUT2D eigenvalue weighted by molar-refractivity contribution is 0.0783. The second-order valence-electron chi connectivity index (χ2n) is 7.75. The lowest BCUT2D eigenvalue weighted by Crippen LogP contribution is -2.29. The number of rotatable bonds is 3. The van der Waals surface area contributed by atoms with Crippen LogP contribution in [0.4, 0.5) is 5.69 Å². The van der Waals surface area contributed by atoms with E-state index in [-0.39, 0.29) is 11.8 Å². The average Bonchev–Trinajstić information content (AvgIpc) is 3.46. The van der Waals surface area contributed by atoms with Crippen LogP contribution in [0.25, 0.3) is 10.9 Å². The first-order valence-corrected chi connectivity index (χ1v) is 9.94. The molecule has 1 aromatic heterocycles. The monoisotopic (exact) mass is 389 g/mol. The van der Waals surface area contributed by atoms with Crippen molar-refractivity contribution in [2.24, 2.45) is 7.05 Å². The van der Waals surface area contributed by atoms with Gasteiger partial charge in [-0.2, -0.15) is 0 Å². The molecule has 29 heavy (non-hydrogen) atoms. The Morgan fingerprint density at radius 1 is 1.03 bits per heavy atom. The number of hydrogen-bond donors (Lipinski definition) is 0. The molecule has 0 saturated carbocycles. The summed E-state index contributed by atoms with van der Waals surface area (Å²) in [6.07, 6.45) is 2.14. The fourth-order valence-corrected chi connectivity index (χ4v) is 4.41. The van der Waals surface area contributed by atoms with Gasteiger partial charge in [0.15, 0.2) is 0 Å². The minimum absolute atomic E-state index is 0.0254. The highest BCUT2D eigenvalue weighted by Crippen LogP contribution is 2.33. The van der Waals surface area contributed by atoms with Crippen LogP contribution in [0.5, 0.6) is 5.75 Å². The first-order chi connectivity index (χ1) is 14.1. The van der Waals surface area contributed by atoms with E-state index in [2.05, 4.69) is 0 Å². The van der Waals surface area contributed by atoms with Crippen LogP contribution in [0, 0.1) is 0 Å². The molecule has 2 aliphatic heterocycles. The van der Waals surface area contributed by atoms with E-state index in [1.54, 1.807) is 18.1 Å². The number of aromatic nitrogens is 1. The number of amides is 2. The fraction of sp³-hybridized carbons (Fsp3) is 0.304. The van der Waals surface area contributed by atoms with Gasteiger partial charge < -0.3 is 19.1 Å². The predicted octanol–water partition coefficient (Wildman–Crippen LogP) is 3.58. The number of hydrogen-bond acceptors (Lipinski definition) is 3.